The summed E-state index contributed by atoms with van der Waals surface area (Å²) < 4.78 is 5.09. The second kappa shape index (κ2) is 9.73. The van der Waals surface area contributed by atoms with Crippen molar-refractivity contribution in [2.45, 2.75) is 19.8 Å². The Morgan fingerprint density at radius 2 is 1.56 bits per heavy atom. The summed E-state index contributed by atoms with van der Waals surface area (Å²) in [6, 6.07) is 14.9. The summed E-state index contributed by atoms with van der Waals surface area (Å²) >= 11 is 0. The van der Waals surface area contributed by atoms with Crippen molar-refractivity contribution in [2.24, 2.45) is 0 Å². The number of hydrogen-bond donors (Lipinski definition) is 3. The molecule has 0 fully saturated rings. The zero-order valence-electron chi connectivity index (χ0n) is 16.3. The van der Waals surface area contributed by atoms with Crippen LogP contribution in [0.4, 0.5) is 11.4 Å². The third kappa shape index (κ3) is 6.42. The molecule has 1 atom stereocenters. The molecular formula is C21H28N3O3+. The summed E-state index contributed by atoms with van der Waals surface area (Å²) in [5.41, 5.74) is 2.62. The molecule has 27 heavy (non-hydrogen) atoms. The second-order valence-electron chi connectivity index (χ2n) is 6.88. The zero-order valence-corrected chi connectivity index (χ0v) is 16.3. The molecule has 2 aromatic rings. The van der Waals surface area contributed by atoms with Crippen molar-refractivity contribution >= 4 is 23.2 Å². The molecule has 0 bridgehead atoms. The second-order valence-corrected chi connectivity index (χ2v) is 6.88. The number of amides is 2. The van der Waals surface area contributed by atoms with E-state index in [1.165, 1.54) is 0 Å². The van der Waals surface area contributed by atoms with Crippen LogP contribution in [0.2, 0.25) is 0 Å². The SMILES string of the molecule is COc1ccc(NC(=O)C[NH+](C)CC(=O)Nc2ccccc2C(C)C)cc1. The lowest BCUT2D eigenvalue weighted by molar-refractivity contribution is -0.862. The van der Waals surface area contributed by atoms with E-state index < -0.39 is 0 Å². The fraction of sp³-hybridized carbons (Fsp3) is 0.333. The Hall–Kier alpha value is -2.86. The highest BCUT2D eigenvalue weighted by Gasteiger charge is 2.16. The van der Waals surface area contributed by atoms with E-state index in [0.717, 1.165) is 21.9 Å². The van der Waals surface area contributed by atoms with E-state index in [1.807, 2.05) is 31.3 Å². The Balaban J connectivity index is 1.84. The highest BCUT2D eigenvalue weighted by Crippen LogP contribution is 2.23. The third-order valence-corrected chi connectivity index (χ3v) is 4.16. The maximum atomic E-state index is 12.3. The molecular weight excluding hydrogens is 342 g/mol. The lowest BCUT2D eigenvalue weighted by atomic mass is 10.0. The number of ether oxygens (including phenoxy) is 1. The maximum Gasteiger partial charge on any atom is 0.279 e. The fourth-order valence-corrected chi connectivity index (χ4v) is 2.80. The Labute approximate surface area is 160 Å². The van der Waals surface area contributed by atoms with E-state index in [0.29, 0.717) is 11.6 Å². The number of hydrogen-bond acceptors (Lipinski definition) is 3. The summed E-state index contributed by atoms with van der Waals surface area (Å²) in [5, 5.41) is 5.78. The minimum Gasteiger partial charge on any atom is -0.497 e. The molecule has 2 amide bonds. The molecule has 0 aromatic heterocycles. The van der Waals surface area contributed by atoms with Crippen LogP contribution in [0.3, 0.4) is 0 Å². The predicted molar refractivity (Wildman–Crippen MR) is 107 cm³/mol. The van der Waals surface area contributed by atoms with Crippen LogP contribution in [0.5, 0.6) is 5.75 Å². The average Bonchev–Trinajstić information content (AvgIpc) is 2.62. The van der Waals surface area contributed by atoms with Gasteiger partial charge in [0.25, 0.3) is 11.8 Å². The number of rotatable bonds is 8. The highest BCUT2D eigenvalue weighted by molar-refractivity contribution is 5.93. The van der Waals surface area contributed by atoms with Crippen molar-refractivity contribution in [1.82, 2.24) is 0 Å². The number of nitrogens with one attached hydrogen (secondary N) is 3. The number of para-hydroxylation sites is 1. The number of carbonyl (C=O) groups excluding carboxylic acids is 2. The lowest BCUT2D eigenvalue weighted by Gasteiger charge is -2.16. The summed E-state index contributed by atoms with van der Waals surface area (Å²) in [4.78, 5) is 25.3. The minimum absolute atomic E-state index is 0.113. The number of methoxy groups -OCH3 is 1. The van der Waals surface area contributed by atoms with Gasteiger partial charge in [0.05, 0.1) is 14.2 Å². The number of benzene rings is 2. The summed E-state index contributed by atoms with van der Waals surface area (Å²) in [6.45, 7) is 4.59. The lowest BCUT2D eigenvalue weighted by Crippen LogP contribution is -3.11. The van der Waals surface area contributed by atoms with Gasteiger partial charge >= 0.3 is 0 Å². The standard InChI is InChI=1S/C21H27N3O3/c1-15(2)18-7-5-6-8-19(18)23-21(26)14-24(3)13-20(25)22-16-9-11-17(27-4)12-10-16/h5-12,15H,13-14H2,1-4H3,(H,22,25)(H,23,26)/p+1. The number of quaternary nitrogens is 1. The van der Waals surface area contributed by atoms with Gasteiger partial charge in [0, 0.05) is 11.4 Å². The van der Waals surface area contributed by atoms with Crippen molar-refractivity contribution in [3.8, 4) is 5.75 Å². The highest BCUT2D eigenvalue weighted by atomic mass is 16.5. The van der Waals surface area contributed by atoms with Gasteiger partial charge in [-0.15, -0.1) is 0 Å². The fourth-order valence-electron chi connectivity index (χ4n) is 2.80. The van der Waals surface area contributed by atoms with Gasteiger partial charge in [-0.1, -0.05) is 32.0 Å². The van der Waals surface area contributed by atoms with Gasteiger partial charge in [-0.3, -0.25) is 9.59 Å². The van der Waals surface area contributed by atoms with Crippen LogP contribution >= 0.6 is 0 Å². The van der Waals surface area contributed by atoms with Crippen LogP contribution < -0.4 is 20.3 Å². The smallest absolute Gasteiger partial charge is 0.279 e. The first-order chi connectivity index (χ1) is 12.9. The number of anilines is 2. The molecule has 0 aliphatic carbocycles. The molecule has 2 rings (SSSR count). The quantitative estimate of drug-likeness (QED) is 0.665. The molecule has 0 spiro atoms. The van der Waals surface area contributed by atoms with Crippen LogP contribution in [0.25, 0.3) is 0 Å². The molecule has 0 aliphatic rings. The topological polar surface area (TPSA) is 71.9 Å². The van der Waals surface area contributed by atoms with Gasteiger partial charge < -0.3 is 20.3 Å². The van der Waals surface area contributed by atoms with Gasteiger partial charge in [0.1, 0.15) is 5.75 Å². The first-order valence-corrected chi connectivity index (χ1v) is 9.03. The molecule has 0 aliphatic heterocycles. The molecule has 3 N–H and O–H groups in total. The van der Waals surface area contributed by atoms with Crippen LogP contribution in [0, 0.1) is 0 Å². The van der Waals surface area contributed by atoms with Crippen molar-refractivity contribution in [1.29, 1.82) is 0 Å². The third-order valence-electron chi connectivity index (χ3n) is 4.16. The van der Waals surface area contributed by atoms with E-state index in [9.17, 15) is 9.59 Å². The zero-order chi connectivity index (χ0) is 19.8. The minimum atomic E-state index is -0.145. The van der Waals surface area contributed by atoms with Gasteiger partial charge in [-0.05, 0) is 41.8 Å². The molecule has 6 heteroatoms. The van der Waals surface area contributed by atoms with E-state index in [2.05, 4.69) is 24.5 Å². The Kier molecular flexibility index (Phi) is 7.37. The number of likely N-dealkylation sites (N-methyl/N-ethyl adjacent to an activating group) is 1. The normalized spacial score (nSPS) is 11.7. The predicted octanol–water partition coefficient (Wildman–Crippen LogP) is 1.91. The monoisotopic (exact) mass is 370 g/mol. The van der Waals surface area contributed by atoms with Gasteiger partial charge in [0.2, 0.25) is 0 Å². The van der Waals surface area contributed by atoms with Crippen molar-refractivity contribution in [3.63, 3.8) is 0 Å². The van der Waals surface area contributed by atoms with E-state index in [1.54, 1.807) is 31.4 Å². The van der Waals surface area contributed by atoms with Crippen LogP contribution in [-0.4, -0.2) is 39.1 Å². The Morgan fingerprint density at radius 3 is 2.15 bits per heavy atom. The van der Waals surface area contributed by atoms with Crippen LogP contribution in [0.15, 0.2) is 48.5 Å². The Morgan fingerprint density at radius 1 is 0.963 bits per heavy atom. The van der Waals surface area contributed by atoms with Crippen molar-refractivity contribution < 1.29 is 19.2 Å². The molecule has 2 aromatic carbocycles. The van der Waals surface area contributed by atoms with E-state index in [-0.39, 0.29) is 24.9 Å². The van der Waals surface area contributed by atoms with Crippen LogP contribution in [-0.2, 0) is 9.59 Å². The molecule has 6 nitrogen and oxygen atoms in total. The van der Waals surface area contributed by atoms with Gasteiger partial charge in [-0.2, -0.15) is 0 Å². The number of carbonyl (C=O) groups is 2. The summed E-state index contributed by atoms with van der Waals surface area (Å²) in [6.07, 6.45) is 0. The molecule has 0 radical (unpaired) electrons. The molecule has 0 saturated heterocycles. The summed E-state index contributed by atoms with van der Waals surface area (Å²) in [5.74, 6) is 0.793. The van der Waals surface area contributed by atoms with E-state index >= 15 is 0 Å². The molecule has 0 heterocycles. The first kappa shape index (κ1) is 20.5. The maximum absolute atomic E-state index is 12.3. The van der Waals surface area contributed by atoms with Gasteiger partial charge in [-0.25, -0.2) is 0 Å². The largest absolute Gasteiger partial charge is 0.497 e. The first-order valence-electron chi connectivity index (χ1n) is 9.03. The Bertz CT molecular complexity index is 772. The molecule has 1 unspecified atom stereocenters. The van der Waals surface area contributed by atoms with Crippen molar-refractivity contribution in [2.75, 3.05) is 37.9 Å². The van der Waals surface area contributed by atoms with Crippen molar-refractivity contribution in [3.05, 3.63) is 54.1 Å². The molecule has 0 saturated carbocycles. The summed E-state index contributed by atoms with van der Waals surface area (Å²) in [7, 11) is 3.41. The average molecular weight is 370 g/mol. The molecule has 144 valence electrons. The van der Waals surface area contributed by atoms with Gasteiger partial charge in [0.15, 0.2) is 13.1 Å². The van der Waals surface area contributed by atoms with E-state index in [4.69, 9.17) is 4.74 Å². The van der Waals surface area contributed by atoms with Crippen LogP contribution in [0.1, 0.15) is 25.3 Å².